The molecule has 1 aromatic heterocycles. The lowest BCUT2D eigenvalue weighted by Crippen LogP contribution is -2.55. The fraction of sp³-hybridized carbons (Fsp3) is 0.625. The van der Waals surface area contributed by atoms with Crippen LogP contribution in [0.2, 0.25) is 0 Å². The van der Waals surface area contributed by atoms with Gasteiger partial charge in [0.2, 0.25) is 0 Å². The second-order valence-corrected chi connectivity index (χ2v) is 8.23. The molecule has 0 bridgehead atoms. The molecule has 10 heteroatoms. The lowest BCUT2D eigenvalue weighted by atomic mass is 9.78. The summed E-state index contributed by atoms with van der Waals surface area (Å²) in [6.45, 7) is 2.00. The minimum Gasteiger partial charge on any atom is -0.386 e. The van der Waals surface area contributed by atoms with E-state index in [1.54, 1.807) is 5.01 Å². The molecule has 3 aliphatic rings. The smallest absolute Gasteiger partial charge is 0.386 e. The van der Waals surface area contributed by atoms with Crippen molar-refractivity contribution in [1.82, 2.24) is 21.3 Å². The van der Waals surface area contributed by atoms with Crippen LogP contribution in [0.15, 0.2) is 18.0 Å². The van der Waals surface area contributed by atoms with Crippen LogP contribution in [0.25, 0.3) is 0 Å². The normalized spacial score (nSPS) is 34.6. The highest BCUT2D eigenvalue weighted by Crippen LogP contribution is 2.51. The first-order chi connectivity index (χ1) is 12.2. The number of alkyl halides is 3. The molecule has 1 unspecified atom stereocenters. The fourth-order valence-electron chi connectivity index (χ4n) is 4.02. The first kappa shape index (κ1) is 18.1. The molecule has 144 valence electrons. The van der Waals surface area contributed by atoms with Gasteiger partial charge in [-0.3, -0.25) is 5.01 Å². The highest BCUT2D eigenvalue weighted by molar-refractivity contribution is 7.12. The number of hydrogen-bond donors (Lipinski definition) is 4. The predicted molar refractivity (Wildman–Crippen MR) is 89.6 cm³/mol. The van der Waals surface area contributed by atoms with Crippen LogP contribution in [-0.2, 0) is 16.5 Å². The topological polar surface area (TPSA) is 68.8 Å². The SMILES string of the molecule is C[C@H]1CC2(C[C@@H](C3=CN(C)NN3)N1)OC[C@@H](O)c1cc(C(F)(F)F)sc12. The van der Waals surface area contributed by atoms with Crippen molar-refractivity contribution in [2.24, 2.45) is 0 Å². The highest BCUT2D eigenvalue weighted by atomic mass is 32.1. The summed E-state index contributed by atoms with van der Waals surface area (Å²) in [6, 6.07) is 1.02. The molecule has 1 spiro atoms. The van der Waals surface area contributed by atoms with Gasteiger partial charge in [-0.15, -0.1) is 16.9 Å². The molecule has 4 N–H and O–H groups in total. The van der Waals surface area contributed by atoms with Crippen LogP contribution in [0.3, 0.4) is 0 Å². The van der Waals surface area contributed by atoms with E-state index in [0.29, 0.717) is 34.6 Å². The first-order valence-corrected chi connectivity index (χ1v) is 9.25. The van der Waals surface area contributed by atoms with Gasteiger partial charge >= 0.3 is 6.18 Å². The van der Waals surface area contributed by atoms with Gasteiger partial charge in [-0.2, -0.15) is 13.2 Å². The Kier molecular flexibility index (Phi) is 4.23. The van der Waals surface area contributed by atoms with E-state index in [1.807, 2.05) is 20.2 Å². The van der Waals surface area contributed by atoms with Crippen LogP contribution < -0.4 is 16.3 Å². The second kappa shape index (κ2) is 6.10. The summed E-state index contributed by atoms with van der Waals surface area (Å²) in [4.78, 5) is -0.185. The lowest BCUT2D eigenvalue weighted by Gasteiger charge is -2.47. The van der Waals surface area contributed by atoms with Crippen LogP contribution in [0, 0.1) is 0 Å². The molecule has 0 radical (unpaired) electrons. The Balaban J connectivity index is 1.73. The van der Waals surface area contributed by atoms with E-state index in [4.69, 9.17) is 4.74 Å². The Bertz CT molecular complexity index is 738. The van der Waals surface area contributed by atoms with E-state index in [9.17, 15) is 18.3 Å². The number of aliphatic hydroxyl groups is 1. The van der Waals surface area contributed by atoms with Gasteiger partial charge in [-0.25, -0.2) is 0 Å². The van der Waals surface area contributed by atoms with Crippen LogP contribution in [0.4, 0.5) is 13.2 Å². The third-order valence-electron chi connectivity index (χ3n) is 5.07. The van der Waals surface area contributed by atoms with Crippen molar-refractivity contribution in [2.45, 2.75) is 49.7 Å². The van der Waals surface area contributed by atoms with Gasteiger partial charge in [0.1, 0.15) is 16.6 Å². The van der Waals surface area contributed by atoms with Crippen molar-refractivity contribution in [3.05, 3.63) is 33.3 Å². The third-order valence-corrected chi connectivity index (χ3v) is 6.45. The third kappa shape index (κ3) is 2.99. The highest BCUT2D eigenvalue weighted by Gasteiger charge is 2.50. The molecule has 0 saturated carbocycles. The van der Waals surface area contributed by atoms with Crippen LogP contribution in [0.5, 0.6) is 0 Å². The monoisotopic (exact) mass is 390 g/mol. The summed E-state index contributed by atoms with van der Waals surface area (Å²) in [7, 11) is 1.85. The van der Waals surface area contributed by atoms with Crippen molar-refractivity contribution < 1.29 is 23.0 Å². The first-order valence-electron chi connectivity index (χ1n) is 8.44. The van der Waals surface area contributed by atoms with Gasteiger partial charge in [0, 0.05) is 36.2 Å². The molecule has 3 aliphatic heterocycles. The molecule has 4 rings (SSSR count). The van der Waals surface area contributed by atoms with Gasteiger partial charge in [0.05, 0.1) is 18.3 Å². The largest absolute Gasteiger partial charge is 0.425 e. The van der Waals surface area contributed by atoms with E-state index in [2.05, 4.69) is 16.3 Å². The Morgan fingerprint density at radius 1 is 1.38 bits per heavy atom. The number of ether oxygens (including phenoxy) is 1. The number of hydrogen-bond acceptors (Lipinski definition) is 7. The number of rotatable bonds is 1. The maximum atomic E-state index is 13.2. The quantitative estimate of drug-likeness (QED) is 0.588. The van der Waals surface area contributed by atoms with Gasteiger partial charge < -0.3 is 20.6 Å². The van der Waals surface area contributed by atoms with Crippen LogP contribution in [0.1, 0.15) is 41.2 Å². The minimum atomic E-state index is -4.43. The molecule has 6 nitrogen and oxygen atoms in total. The zero-order chi connectivity index (χ0) is 18.7. The maximum Gasteiger partial charge on any atom is 0.425 e. The molecule has 1 aromatic rings. The van der Waals surface area contributed by atoms with E-state index in [-0.39, 0.29) is 18.7 Å². The van der Waals surface area contributed by atoms with Crippen molar-refractivity contribution in [1.29, 1.82) is 0 Å². The lowest BCUT2D eigenvalue weighted by molar-refractivity contribution is -0.134. The number of fused-ring (bicyclic) bond motifs is 2. The van der Waals surface area contributed by atoms with Gasteiger partial charge in [-0.1, -0.05) is 0 Å². The summed E-state index contributed by atoms with van der Waals surface area (Å²) >= 11 is 0.695. The minimum absolute atomic E-state index is 0.00506. The number of aliphatic hydroxyl groups excluding tert-OH is 1. The molecular weight excluding hydrogens is 369 g/mol. The average Bonchev–Trinajstić information content (AvgIpc) is 3.18. The number of piperidine rings is 1. The number of hydrazine groups is 2. The Morgan fingerprint density at radius 3 is 2.81 bits per heavy atom. The van der Waals surface area contributed by atoms with E-state index in [1.165, 1.54) is 0 Å². The average molecular weight is 390 g/mol. The van der Waals surface area contributed by atoms with Crippen molar-refractivity contribution >= 4 is 11.3 Å². The molecule has 4 atom stereocenters. The molecule has 4 heterocycles. The summed E-state index contributed by atoms with van der Waals surface area (Å²) in [5, 5.41) is 15.4. The molecule has 0 aliphatic carbocycles. The molecule has 0 aromatic carbocycles. The van der Waals surface area contributed by atoms with Gasteiger partial charge in [-0.05, 0) is 19.4 Å². The molecule has 26 heavy (non-hydrogen) atoms. The van der Waals surface area contributed by atoms with E-state index < -0.39 is 22.8 Å². The maximum absolute atomic E-state index is 13.2. The Morgan fingerprint density at radius 2 is 2.15 bits per heavy atom. The molecule has 1 saturated heterocycles. The number of thiophene rings is 1. The Labute approximate surface area is 152 Å². The summed E-state index contributed by atoms with van der Waals surface area (Å²) < 4.78 is 45.7. The number of nitrogens with one attached hydrogen (secondary N) is 3. The predicted octanol–water partition coefficient (Wildman–Crippen LogP) is 1.96. The fourth-order valence-corrected chi connectivity index (χ4v) is 5.26. The molecule has 1 fully saturated rings. The van der Waals surface area contributed by atoms with Gasteiger partial charge in [0.15, 0.2) is 0 Å². The summed E-state index contributed by atoms with van der Waals surface area (Å²) in [5.41, 5.74) is 6.45. The van der Waals surface area contributed by atoms with Crippen LogP contribution in [-0.4, -0.2) is 35.9 Å². The molecular formula is C16H21F3N4O2S. The van der Waals surface area contributed by atoms with E-state index >= 15 is 0 Å². The number of nitrogens with zero attached hydrogens (tertiary/aromatic N) is 1. The second-order valence-electron chi connectivity index (χ2n) is 7.17. The van der Waals surface area contributed by atoms with Crippen LogP contribution >= 0.6 is 11.3 Å². The van der Waals surface area contributed by atoms with Crippen molar-refractivity contribution in [3.8, 4) is 0 Å². The van der Waals surface area contributed by atoms with E-state index in [0.717, 1.165) is 11.8 Å². The zero-order valence-corrected chi connectivity index (χ0v) is 15.2. The van der Waals surface area contributed by atoms with Gasteiger partial charge in [0.25, 0.3) is 0 Å². The molecule has 0 amide bonds. The number of halogens is 3. The van der Waals surface area contributed by atoms with Crippen molar-refractivity contribution in [2.75, 3.05) is 13.7 Å². The summed E-state index contributed by atoms with van der Waals surface area (Å²) in [5.74, 6) is 0. The Hall–Kier alpha value is -1.33. The zero-order valence-electron chi connectivity index (χ0n) is 14.4. The standard InChI is InChI=1S/C16H21F3N4O2S/c1-8-4-15(5-10(20-8)11-6-23(2)22-21-11)14-9(12(24)7-25-15)3-13(26-14)16(17,18)19/h3,6,8,10,12,20-22,24H,4-5,7H2,1-2H3/t8-,10-,12+,15?/m0/s1. The van der Waals surface area contributed by atoms with Crippen molar-refractivity contribution in [3.63, 3.8) is 0 Å². The summed E-state index contributed by atoms with van der Waals surface area (Å²) in [6.07, 6.45) is -2.51.